The number of nitrogens with zero attached hydrogens (tertiary/aromatic N) is 4. The third-order valence-corrected chi connectivity index (χ3v) is 5.57. The number of aromatic nitrogens is 3. The SMILES string of the molecule is Cc1nccc(-c2ccccc2)c1C(=O)N1CCCC(c2nc(CC(C)C)no2)C1. The minimum absolute atomic E-state index is 0.0195. The maximum Gasteiger partial charge on any atom is 0.256 e. The lowest BCUT2D eigenvalue weighted by Crippen LogP contribution is -2.39. The molecule has 1 saturated heterocycles. The number of carbonyl (C=O) groups is 1. The molecule has 1 aromatic carbocycles. The van der Waals surface area contributed by atoms with Gasteiger partial charge in [-0.2, -0.15) is 4.98 Å². The van der Waals surface area contributed by atoms with Gasteiger partial charge in [-0.1, -0.05) is 49.3 Å². The molecular formula is C24H28N4O2. The number of hydrogen-bond donors (Lipinski definition) is 0. The zero-order valence-corrected chi connectivity index (χ0v) is 17.8. The Kier molecular flexibility index (Phi) is 5.93. The largest absolute Gasteiger partial charge is 0.339 e. The van der Waals surface area contributed by atoms with Crippen LogP contribution in [-0.4, -0.2) is 39.0 Å². The maximum atomic E-state index is 13.6. The van der Waals surface area contributed by atoms with Crippen molar-refractivity contribution in [2.24, 2.45) is 5.92 Å². The number of amides is 1. The van der Waals surface area contributed by atoms with Crippen molar-refractivity contribution < 1.29 is 9.32 Å². The van der Waals surface area contributed by atoms with Crippen molar-refractivity contribution in [2.45, 2.75) is 46.0 Å². The van der Waals surface area contributed by atoms with Gasteiger partial charge in [-0.15, -0.1) is 0 Å². The van der Waals surface area contributed by atoms with Crippen molar-refractivity contribution in [2.75, 3.05) is 13.1 Å². The molecule has 156 valence electrons. The number of aryl methyl sites for hydroxylation is 1. The van der Waals surface area contributed by atoms with Gasteiger partial charge in [0.05, 0.1) is 17.2 Å². The molecule has 1 aliphatic heterocycles. The zero-order valence-electron chi connectivity index (χ0n) is 17.8. The molecule has 1 unspecified atom stereocenters. The van der Waals surface area contributed by atoms with Crippen molar-refractivity contribution in [3.05, 3.63) is 65.6 Å². The zero-order chi connectivity index (χ0) is 21.1. The van der Waals surface area contributed by atoms with Crippen LogP contribution in [0.25, 0.3) is 11.1 Å². The summed E-state index contributed by atoms with van der Waals surface area (Å²) in [6, 6.07) is 11.9. The van der Waals surface area contributed by atoms with Gasteiger partial charge in [-0.25, -0.2) is 0 Å². The predicted molar refractivity (Wildman–Crippen MR) is 115 cm³/mol. The highest BCUT2D eigenvalue weighted by molar-refractivity contribution is 6.01. The van der Waals surface area contributed by atoms with E-state index in [-0.39, 0.29) is 11.8 Å². The maximum absolute atomic E-state index is 13.6. The highest BCUT2D eigenvalue weighted by Crippen LogP contribution is 2.30. The van der Waals surface area contributed by atoms with Gasteiger partial charge in [0, 0.05) is 25.7 Å². The molecular weight excluding hydrogens is 376 g/mol. The van der Waals surface area contributed by atoms with E-state index in [2.05, 4.69) is 29.0 Å². The van der Waals surface area contributed by atoms with Crippen LogP contribution in [0.5, 0.6) is 0 Å². The summed E-state index contributed by atoms with van der Waals surface area (Å²) >= 11 is 0. The van der Waals surface area contributed by atoms with Gasteiger partial charge in [0.2, 0.25) is 5.89 Å². The molecule has 0 N–H and O–H groups in total. The Morgan fingerprint density at radius 1 is 1.23 bits per heavy atom. The summed E-state index contributed by atoms with van der Waals surface area (Å²) in [4.78, 5) is 24.5. The number of benzene rings is 1. The van der Waals surface area contributed by atoms with Crippen LogP contribution in [0.3, 0.4) is 0 Å². The third kappa shape index (κ3) is 4.27. The lowest BCUT2D eigenvalue weighted by atomic mass is 9.94. The summed E-state index contributed by atoms with van der Waals surface area (Å²) in [5.74, 6) is 1.97. The Hall–Kier alpha value is -3.02. The quantitative estimate of drug-likeness (QED) is 0.618. The lowest BCUT2D eigenvalue weighted by Gasteiger charge is -2.32. The molecule has 0 bridgehead atoms. The van der Waals surface area contributed by atoms with Crippen LogP contribution in [0, 0.1) is 12.8 Å². The lowest BCUT2D eigenvalue weighted by molar-refractivity contribution is 0.0695. The van der Waals surface area contributed by atoms with Crippen molar-refractivity contribution in [3.63, 3.8) is 0 Å². The first-order valence-electron chi connectivity index (χ1n) is 10.7. The van der Waals surface area contributed by atoms with E-state index in [4.69, 9.17) is 4.52 Å². The first kappa shape index (κ1) is 20.3. The second kappa shape index (κ2) is 8.78. The van der Waals surface area contributed by atoms with E-state index in [0.717, 1.165) is 48.5 Å². The minimum atomic E-state index is 0.0195. The molecule has 1 aliphatic rings. The van der Waals surface area contributed by atoms with Gasteiger partial charge >= 0.3 is 0 Å². The van der Waals surface area contributed by atoms with E-state index in [1.165, 1.54) is 0 Å². The van der Waals surface area contributed by atoms with Gasteiger partial charge in [-0.05, 0) is 42.9 Å². The number of carbonyl (C=O) groups excluding carboxylic acids is 1. The molecule has 1 amide bonds. The molecule has 1 fully saturated rings. The van der Waals surface area contributed by atoms with Crippen LogP contribution in [0.4, 0.5) is 0 Å². The standard InChI is InChI=1S/C24H28N4O2/c1-16(2)14-21-26-23(30-27-21)19-10-7-13-28(15-19)24(29)22-17(3)25-12-11-20(22)18-8-5-4-6-9-18/h4-6,8-9,11-12,16,19H,7,10,13-15H2,1-3H3. The van der Waals surface area contributed by atoms with E-state index >= 15 is 0 Å². The normalized spacial score (nSPS) is 16.8. The monoisotopic (exact) mass is 404 g/mol. The molecule has 6 nitrogen and oxygen atoms in total. The molecule has 6 heteroatoms. The van der Waals surface area contributed by atoms with E-state index < -0.39 is 0 Å². The summed E-state index contributed by atoms with van der Waals surface area (Å²) in [5, 5.41) is 4.13. The summed E-state index contributed by atoms with van der Waals surface area (Å²) in [6.07, 6.45) is 4.43. The molecule has 4 rings (SSSR count). The smallest absolute Gasteiger partial charge is 0.256 e. The Bertz CT molecular complexity index is 1010. The van der Waals surface area contributed by atoms with Crippen LogP contribution in [0.15, 0.2) is 47.1 Å². The predicted octanol–water partition coefficient (Wildman–Crippen LogP) is 4.66. The minimum Gasteiger partial charge on any atom is -0.339 e. The fourth-order valence-corrected chi connectivity index (χ4v) is 4.10. The van der Waals surface area contributed by atoms with Gasteiger partial charge < -0.3 is 9.42 Å². The van der Waals surface area contributed by atoms with Gasteiger partial charge in [0.15, 0.2) is 5.82 Å². The first-order chi connectivity index (χ1) is 14.5. The highest BCUT2D eigenvalue weighted by Gasteiger charge is 2.31. The average molecular weight is 405 g/mol. The molecule has 0 saturated carbocycles. The van der Waals surface area contributed by atoms with Crippen LogP contribution in [-0.2, 0) is 6.42 Å². The Morgan fingerprint density at radius 3 is 2.80 bits per heavy atom. The van der Waals surface area contributed by atoms with Gasteiger partial charge in [0.25, 0.3) is 5.91 Å². The second-order valence-corrected chi connectivity index (χ2v) is 8.42. The summed E-state index contributed by atoms with van der Waals surface area (Å²) in [5.41, 5.74) is 3.37. The molecule has 1 atom stereocenters. The number of likely N-dealkylation sites (tertiary alicyclic amines) is 1. The fourth-order valence-electron chi connectivity index (χ4n) is 4.10. The van der Waals surface area contributed by atoms with Crippen molar-refractivity contribution >= 4 is 5.91 Å². The van der Waals surface area contributed by atoms with Crippen molar-refractivity contribution in [1.29, 1.82) is 0 Å². The summed E-state index contributed by atoms with van der Waals surface area (Å²) < 4.78 is 5.54. The van der Waals surface area contributed by atoms with Crippen molar-refractivity contribution in [1.82, 2.24) is 20.0 Å². The number of pyridine rings is 1. The van der Waals surface area contributed by atoms with Crippen LogP contribution < -0.4 is 0 Å². The molecule has 3 aromatic rings. The Labute approximate surface area is 177 Å². The third-order valence-electron chi connectivity index (χ3n) is 5.57. The molecule has 0 aliphatic carbocycles. The van der Waals surface area contributed by atoms with Gasteiger partial charge in [0.1, 0.15) is 0 Å². The van der Waals surface area contributed by atoms with E-state index in [9.17, 15) is 4.79 Å². The molecule has 0 radical (unpaired) electrons. The van der Waals surface area contributed by atoms with E-state index in [1.54, 1.807) is 6.20 Å². The van der Waals surface area contributed by atoms with E-state index in [1.807, 2.05) is 48.2 Å². The van der Waals surface area contributed by atoms with Gasteiger partial charge in [-0.3, -0.25) is 9.78 Å². The fraction of sp³-hybridized carbons (Fsp3) is 0.417. The molecule has 3 heterocycles. The Morgan fingerprint density at radius 2 is 2.03 bits per heavy atom. The van der Waals surface area contributed by atoms with Crippen molar-refractivity contribution in [3.8, 4) is 11.1 Å². The first-order valence-corrected chi connectivity index (χ1v) is 10.7. The Balaban J connectivity index is 1.58. The number of rotatable bonds is 5. The second-order valence-electron chi connectivity index (χ2n) is 8.42. The number of piperidine rings is 1. The topological polar surface area (TPSA) is 72.1 Å². The molecule has 2 aromatic heterocycles. The highest BCUT2D eigenvalue weighted by atomic mass is 16.5. The summed E-state index contributed by atoms with van der Waals surface area (Å²) in [6.45, 7) is 7.49. The van der Waals surface area contributed by atoms with E-state index in [0.29, 0.717) is 23.9 Å². The summed E-state index contributed by atoms with van der Waals surface area (Å²) in [7, 11) is 0. The van der Waals surface area contributed by atoms with Crippen LogP contribution >= 0.6 is 0 Å². The molecule has 0 spiro atoms. The number of hydrogen-bond acceptors (Lipinski definition) is 5. The molecule has 30 heavy (non-hydrogen) atoms. The van der Waals surface area contributed by atoms with Crippen LogP contribution in [0.2, 0.25) is 0 Å². The average Bonchev–Trinajstić information content (AvgIpc) is 3.21. The van der Waals surface area contributed by atoms with Crippen LogP contribution in [0.1, 0.15) is 60.4 Å².